The number of amides is 2. The predicted molar refractivity (Wildman–Crippen MR) is 137 cm³/mol. The second-order valence-corrected chi connectivity index (χ2v) is 10.5. The van der Waals surface area contributed by atoms with Crippen molar-refractivity contribution in [3.63, 3.8) is 0 Å². The number of para-hydroxylation sites is 1. The van der Waals surface area contributed by atoms with Gasteiger partial charge in [-0.1, -0.05) is 37.1 Å². The van der Waals surface area contributed by atoms with Gasteiger partial charge in [-0.05, 0) is 56.0 Å². The third-order valence-corrected chi connectivity index (χ3v) is 7.92. The molecule has 0 radical (unpaired) electrons. The van der Waals surface area contributed by atoms with Crippen LogP contribution in [0.15, 0.2) is 42.5 Å². The van der Waals surface area contributed by atoms with Crippen LogP contribution in [0.5, 0.6) is 11.5 Å². The van der Waals surface area contributed by atoms with Gasteiger partial charge in [0.15, 0.2) is 11.5 Å². The number of nitrogens with one attached hydrogen (secondary N) is 1. The number of H-pyrrole nitrogens is 1. The second-order valence-electron chi connectivity index (χ2n) is 10.5. The minimum atomic E-state index is -0.513. The fourth-order valence-corrected chi connectivity index (χ4v) is 6.36. The molecule has 1 N–H and O–H groups in total. The van der Waals surface area contributed by atoms with E-state index in [0.29, 0.717) is 17.9 Å². The van der Waals surface area contributed by atoms with E-state index in [4.69, 9.17) is 9.47 Å². The molecule has 1 saturated carbocycles. The molecule has 3 heterocycles. The molecule has 6 rings (SSSR count). The van der Waals surface area contributed by atoms with Crippen molar-refractivity contribution in [1.82, 2.24) is 14.8 Å². The summed E-state index contributed by atoms with van der Waals surface area (Å²) in [6, 6.07) is 13.3. The third kappa shape index (κ3) is 3.64. The number of benzene rings is 2. The first-order valence-corrected chi connectivity index (χ1v) is 13.0. The maximum absolute atomic E-state index is 13.9. The molecule has 2 aliphatic heterocycles. The average Bonchev–Trinajstić information content (AvgIpc) is 3.53. The summed E-state index contributed by atoms with van der Waals surface area (Å²) in [5.41, 5.74) is 4.01. The van der Waals surface area contributed by atoms with E-state index in [2.05, 4.69) is 17.1 Å². The number of carbonyl (C=O) groups excluding carboxylic acids is 2. The molecule has 1 aliphatic carbocycles. The molecule has 3 aromatic rings. The van der Waals surface area contributed by atoms with Crippen molar-refractivity contribution in [3.8, 4) is 11.5 Å². The van der Waals surface area contributed by atoms with Gasteiger partial charge in [-0.25, -0.2) is 0 Å². The molecule has 2 aromatic carbocycles. The Morgan fingerprint density at radius 3 is 2.56 bits per heavy atom. The van der Waals surface area contributed by atoms with Crippen LogP contribution in [-0.2, 0) is 16.0 Å². The second kappa shape index (κ2) is 8.87. The van der Waals surface area contributed by atoms with Gasteiger partial charge in [-0.3, -0.25) is 9.59 Å². The summed E-state index contributed by atoms with van der Waals surface area (Å²) in [5.74, 6) is 1.36. The molecule has 7 heteroatoms. The Balaban J connectivity index is 1.49. The molecule has 0 unspecified atom stereocenters. The van der Waals surface area contributed by atoms with Gasteiger partial charge in [0.25, 0.3) is 0 Å². The number of aromatic nitrogens is 1. The molecular weight excluding hydrogens is 454 g/mol. The Morgan fingerprint density at radius 1 is 1.03 bits per heavy atom. The fraction of sp³-hybridized carbons (Fsp3) is 0.448. The van der Waals surface area contributed by atoms with Crippen molar-refractivity contribution < 1.29 is 19.1 Å². The predicted octanol–water partition coefficient (Wildman–Crippen LogP) is 4.59. The third-order valence-electron chi connectivity index (χ3n) is 7.92. The molecule has 2 amide bonds. The quantitative estimate of drug-likeness (QED) is 0.571. The lowest BCUT2D eigenvalue weighted by molar-refractivity contribution is -0.160. The summed E-state index contributed by atoms with van der Waals surface area (Å²) in [7, 11) is 1.62. The van der Waals surface area contributed by atoms with Gasteiger partial charge >= 0.3 is 0 Å². The Labute approximate surface area is 211 Å². The maximum Gasteiger partial charge on any atom is 0.246 e. The zero-order valence-electron chi connectivity index (χ0n) is 21.1. The largest absolute Gasteiger partial charge is 0.493 e. The van der Waals surface area contributed by atoms with Gasteiger partial charge in [0.05, 0.1) is 19.3 Å². The van der Waals surface area contributed by atoms with Crippen LogP contribution in [0.2, 0.25) is 0 Å². The first-order valence-electron chi connectivity index (χ1n) is 13.0. The topological polar surface area (TPSA) is 74.9 Å². The summed E-state index contributed by atoms with van der Waals surface area (Å²) in [4.78, 5) is 35.0. The van der Waals surface area contributed by atoms with Gasteiger partial charge in [-0.15, -0.1) is 0 Å². The zero-order chi connectivity index (χ0) is 25.0. The lowest BCUT2D eigenvalue weighted by Crippen LogP contribution is -2.64. The number of fused-ring (bicyclic) bond motifs is 4. The number of methoxy groups -OCH3 is 1. The van der Waals surface area contributed by atoms with E-state index < -0.39 is 12.1 Å². The van der Waals surface area contributed by atoms with Crippen molar-refractivity contribution in [3.05, 3.63) is 59.3 Å². The molecule has 1 aromatic heterocycles. The molecule has 2 atom stereocenters. The number of hydrogen-bond donors (Lipinski definition) is 1. The SMILES string of the molecule is COc1cc([C@H]2c3[nH]c4ccccc4c3C[C@H]3C(=O)N(C4CCCC4)CC(=O)N23)ccc1OC(C)C. The van der Waals surface area contributed by atoms with E-state index >= 15 is 0 Å². The summed E-state index contributed by atoms with van der Waals surface area (Å²) < 4.78 is 11.6. The molecule has 0 spiro atoms. The van der Waals surface area contributed by atoms with E-state index in [0.717, 1.165) is 53.4 Å². The standard InChI is InChI=1S/C29H33N3O4/c1-17(2)36-24-13-12-18(14-25(24)35-3)28-27-21(20-10-6-7-11-22(20)30-27)15-23-29(34)31(16-26(33)32(23)28)19-8-4-5-9-19/h6-7,10-14,17,19,23,28,30H,4-5,8-9,15-16H2,1-3H3/t23-,28-/m0/s1. The van der Waals surface area contributed by atoms with Crippen LogP contribution < -0.4 is 9.47 Å². The lowest BCUT2D eigenvalue weighted by Gasteiger charge is -2.48. The van der Waals surface area contributed by atoms with E-state index in [9.17, 15) is 9.59 Å². The molecule has 0 bridgehead atoms. The van der Waals surface area contributed by atoms with Crippen molar-refractivity contribution in [1.29, 1.82) is 0 Å². The number of carbonyl (C=O) groups is 2. The fourth-order valence-electron chi connectivity index (χ4n) is 6.36. The number of ether oxygens (including phenoxy) is 2. The Kier molecular flexibility index (Phi) is 5.66. The minimum Gasteiger partial charge on any atom is -0.493 e. The maximum atomic E-state index is 13.9. The van der Waals surface area contributed by atoms with Crippen LogP contribution in [0, 0.1) is 0 Å². The molecule has 1 saturated heterocycles. The van der Waals surface area contributed by atoms with Crippen LogP contribution in [0.1, 0.15) is 62.4 Å². The molecule has 2 fully saturated rings. The average molecular weight is 488 g/mol. The Morgan fingerprint density at radius 2 is 1.81 bits per heavy atom. The first kappa shape index (κ1) is 23.0. The summed E-state index contributed by atoms with van der Waals surface area (Å²) >= 11 is 0. The number of hydrogen-bond acceptors (Lipinski definition) is 4. The van der Waals surface area contributed by atoms with Gasteiger partial charge < -0.3 is 24.3 Å². The van der Waals surface area contributed by atoms with E-state index in [1.54, 1.807) is 7.11 Å². The molecule has 188 valence electrons. The van der Waals surface area contributed by atoms with E-state index in [1.807, 2.05) is 54.0 Å². The van der Waals surface area contributed by atoms with Crippen LogP contribution in [0.25, 0.3) is 10.9 Å². The molecule has 3 aliphatic rings. The van der Waals surface area contributed by atoms with Crippen molar-refractivity contribution in [2.75, 3.05) is 13.7 Å². The van der Waals surface area contributed by atoms with E-state index in [1.165, 1.54) is 0 Å². The van der Waals surface area contributed by atoms with Gasteiger partial charge in [0, 0.05) is 29.1 Å². The summed E-state index contributed by atoms with van der Waals surface area (Å²) in [6.45, 7) is 4.10. The van der Waals surface area contributed by atoms with Crippen LogP contribution in [-0.4, -0.2) is 58.4 Å². The first-order chi connectivity index (χ1) is 17.5. The number of aromatic amines is 1. The highest BCUT2D eigenvalue weighted by Crippen LogP contribution is 2.45. The highest BCUT2D eigenvalue weighted by molar-refractivity contribution is 5.98. The smallest absolute Gasteiger partial charge is 0.246 e. The minimum absolute atomic E-state index is 0.00211. The highest BCUT2D eigenvalue weighted by Gasteiger charge is 2.49. The zero-order valence-corrected chi connectivity index (χ0v) is 21.1. The normalized spacial score (nSPS) is 22.3. The summed E-state index contributed by atoms with van der Waals surface area (Å²) in [5, 5.41) is 1.11. The van der Waals surface area contributed by atoms with Crippen LogP contribution in [0.4, 0.5) is 0 Å². The number of piperazine rings is 1. The van der Waals surface area contributed by atoms with Crippen molar-refractivity contribution in [2.24, 2.45) is 0 Å². The van der Waals surface area contributed by atoms with Gasteiger partial charge in [0.2, 0.25) is 11.8 Å². The molecule has 36 heavy (non-hydrogen) atoms. The number of nitrogens with zero attached hydrogens (tertiary/aromatic N) is 2. The molecule has 7 nitrogen and oxygen atoms in total. The Bertz CT molecular complexity index is 1320. The van der Waals surface area contributed by atoms with Crippen LogP contribution >= 0.6 is 0 Å². The number of rotatable bonds is 5. The van der Waals surface area contributed by atoms with E-state index in [-0.39, 0.29) is 30.5 Å². The van der Waals surface area contributed by atoms with Gasteiger partial charge in [-0.2, -0.15) is 0 Å². The highest BCUT2D eigenvalue weighted by atomic mass is 16.5. The molecular formula is C29H33N3O4. The van der Waals surface area contributed by atoms with Crippen molar-refractivity contribution >= 4 is 22.7 Å². The van der Waals surface area contributed by atoms with Crippen LogP contribution in [0.3, 0.4) is 0 Å². The van der Waals surface area contributed by atoms with Crippen molar-refractivity contribution in [2.45, 2.75) is 70.2 Å². The Hall–Kier alpha value is -3.48. The lowest BCUT2D eigenvalue weighted by atomic mass is 9.85. The summed E-state index contributed by atoms with van der Waals surface area (Å²) in [6.07, 6.45) is 4.75. The van der Waals surface area contributed by atoms with Gasteiger partial charge in [0.1, 0.15) is 12.6 Å². The monoisotopic (exact) mass is 487 g/mol.